The number of aliphatic imine (C=N–C) groups is 1. The minimum absolute atomic E-state index is 0.0190. The molecule has 2 saturated heterocycles. The van der Waals surface area contributed by atoms with Crippen LogP contribution in [-0.2, 0) is 11.3 Å². The molecule has 0 bridgehead atoms. The van der Waals surface area contributed by atoms with Crippen molar-refractivity contribution >= 4 is 12.2 Å². The minimum Gasteiger partial charge on any atom is -0.435 e. The first-order chi connectivity index (χ1) is 17.9. The molecule has 200 valence electrons. The van der Waals surface area contributed by atoms with Crippen LogP contribution in [0.25, 0.3) is 0 Å². The number of pyridine rings is 1. The average molecular weight is 518 g/mol. The normalized spacial score (nSPS) is 24.7. The zero-order valence-electron chi connectivity index (χ0n) is 21.2. The number of hydrogen-bond donors (Lipinski definition) is 3. The topological polar surface area (TPSA) is 77.1 Å². The van der Waals surface area contributed by atoms with Crippen molar-refractivity contribution in [3.8, 4) is 0 Å². The first-order valence-corrected chi connectivity index (χ1v) is 12.5. The van der Waals surface area contributed by atoms with Gasteiger partial charge in [0.25, 0.3) is 0 Å². The van der Waals surface area contributed by atoms with E-state index >= 15 is 8.78 Å². The van der Waals surface area contributed by atoms with Gasteiger partial charge in [-0.3, -0.25) is 4.90 Å². The monoisotopic (exact) mass is 517 g/mol. The summed E-state index contributed by atoms with van der Waals surface area (Å²) < 4.78 is 48.9. The van der Waals surface area contributed by atoms with E-state index in [-0.39, 0.29) is 17.5 Å². The number of nitrogens with one attached hydrogen (secondary N) is 3. The molecule has 11 heteroatoms. The molecule has 37 heavy (non-hydrogen) atoms. The van der Waals surface area contributed by atoms with Crippen LogP contribution in [0.4, 0.5) is 19.0 Å². The fraction of sp³-hybridized carbons (Fsp3) is 0.462. The molecule has 3 N–H and O–H groups in total. The van der Waals surface area contributed by atoms with Crippen molar-refractivity contribution in [3.63, 3.8) is 0 Å². The Morgan fingerprint density at radius 3 is 2.65 bits per heavy atom. The van der Waals surface area contributed by atoms with Crippen molar-refractivity contribution in [1.82, 2.24) is 25.4 Å². The third-order valence-electron chi connectivity index (χ3n) is 6.55. The summed E-state index contributed by atoms with van der Waals surface area (Å²) in [6, 6.07) is 3.69. The predicted octanol–water partition coefficient (Wildman–Crippen LogP) is 3.72. The number of hydrogen-bond acceptors (Lipinski definition) is 8. The van der Waals surface area contributed by atoms with Gasteiger partial charge in [0.05, 0.1) is 6.34 Å². The van der Waals surface area contributed by atoms with Crippen molar-refractivity contribution in [2.45, 2.75) is 39.0 Å². The molecule has 0 unspecified atom stereocenters. The first-order valence-electron chi connectivity index (χ1n) is 12.5. The van der Waals surface area contributed by atoms with E-state index in [1.807, 2.05) is 13.0 Å². The van der Waals surface area contributed by atoms with Gasteiger partial charge in [0.2, 0.25) is 11.7 Å². The SMILES string of the molecule is C=C1N[C@H](C)C/C1=C(F)/C(=C\CF)OC1=C(F)[C@@H](Nc2ccc(CN3CCN(CC)CC3)cn2)N=CN1. The third kappa shape index (κ3) is 6.72. The van der Waals surface area contributed by atoms with Crippen LogP contribution in [0.3, 0.4) is 0 Å². The summed E-state index contributed by atoms with van der Waals surface area (Å²) in [5.74, 6) is -1.99. The highest BCUT2D eigenvalue weighted by Gasteiger charge is 2.28. The van der Waals surface area contributed by atoms with Gasteiger partial charge in [-0.25, -0.2) is 23.1 Å². The summed E-state index contributed by atoms with van der Waals surface area (Å²) in [6.45, 7) is 12.8. The van der Waals surface area contributed by atoms with Crippen molar-refractivity contribution in [3.05, 3.63) is 71.1 Å². The second-order valence-electron chi connectivity index (χ2n) is 9.25. The van der Waals surface area contributed by atoms with Crippen molar-refractivity contribution < 1.29 is 17.9 Å². The molecule has 1 aromatic heterocycles. The number of alkyl halides is 1. The number of halogens is 3. The summed E-state index contributed by atoms with van der Waals surface area (Å²) in [5, 5.41) is 8.44. The fourth-order valence-corrected chi connectivity index (χ4v) is 4.47. The van der Waals surface area contributed by atoms with E-state index in [1.165, 1.54) is 6.34 Å². The van der Waals surface area contributed by atoms with Crippen LogP contribution in [0, 0.1) is 0 Å². The molecule has 0 radical (unpaired) electrons. The van der Waals surface area contributed by atoms with Crippen molar-refractivity contribution in [2.24, 2.45) is 4.99 Å². The van der Waals surface area contributed by atoms with Crippen LogP contribution in [0.15, 0.2) is 70.5 Å². The third-order valence-corrected chi connectivity index (χ3v) is 6.55. The van der Waals surface area contributed by atoms with E-state index in [2.05, 4.69) is 49.2 Å². The second-order valence-corrected chi connectivity index (χ2v) is 9.25. The Morgan fingerprint density at radius 2 is 2.03 bits per heavy atom. The standard InChI is InChI=1S/C26H34F3N7O/c1-4-35-9-11-36(12-10-35)15-19-5-6-22(30-14-19)34-25-24(29)26(32-16-31-25)37-21(7-8-27)23(28)20-13-17(2)33-18(20)3/h5-7,14,16-17,25,33H,3-4,8-13,15H2,1-2H3,(H,30,34)(H,31,32)/b21-7+,23-20+/t17-,25-/m1/s1. The molecule has 3 aliphatic heterocycles. The smallest absolute Gasteiger partial charge is 0.234 e. The Kier molecular flexibility index (Phi) is 8.88. The molecule has 0 aromatic carbocycles. The van der Waals surface area contributed by atoms with Gasteiger partial charge in [-0.1, -0.05) is 19.6 Å². The number of anilines is 1. The lowest BCUT2D eigenvalue weighted by atomic mass is 10.1. The molecular formula is C26H34F3N7O. The lowest BCUT2D eigenvalue weighted by molar-refractivity contribution is 0.132. The maximum absolute atomic E-state index is 15.2. The van der Waals surface area contributed by atoms with E-state index in [4.69, 9.17) is 4.74 Å². The molecular weight excluding hydrogens is 483 g/mol. The second kappa shape index (κ2) is 12.3. The summed E-state index contributed by atoms with van der Waals surface area (Å²) in [6.07, 6.45) is 3.12. The van der Waals surface area contributed by atoms with Gasteiger partial charge in [0.1, 0.15) is 12.5 Å². The molecule has 2 fully saturated rings. The van der Waals surface area contributed by atoms with E-state index < -0.39 is 30.3 Å². The highest BCUT2D eigenvalue weighted by molar-refractivity contribution is 5.61. The van der Waals surface area contributed by atoms with Gasteiger partial charge in [0.15, 0.2) is 17.8 Å². The van der Waals surface area contributed by atoms with Crippen LogP contribution >= 0.6 is 0 Å². The zero-order valence-corrected chi connectivity index (χ0v) is 21.2. The molecule has 3 aliphatic rings. The molecule has 4 rings (SSSR count). The van der Waals surface area contributed by atoms with E-state index in [0.717, 1.165) is 50.9 Å². The molecule has 2 atom stereocenters. The van der Waals surface area contributed by atoms with Crippen LogP contribution in [0.5, 0.6) is 0 Å². The summed E-state index contributed by atoms with van der Waals surface area (Å²) in [5.41, 5.74) is 1.72. The number of ether oxygens (including phenoxy) is 1. The number of nitrogens with zero attached hydrogens (tertiary/aromatic N) is 4. The van der Waals surface area contributed by atoms with Crippen LogP contribution < -0.4 is 16.0 Å². The minimum atomic E-state index is -1.14. The zero-order chi connectivity index (χ0) is 26.4. The Morgan fingerprint density at radius 1 is 1.27 bits per heavy atom. The van der Waals surface area contributed by atoms with Gasteiger partial charge in [-0.05, 0) is 37.6 Å². The van der Waals surface area contributed by atoms with Gasteiger partial charge in [0, 0.05) is 56.2 Å². The van der Waals surface area contributed by atoms with Gasteiger partial charge in [-0.15, -0.1) is 0 Å². The largest absolute Gasteiger partial charge is 0.435 e. The van der Waals surface area contributed by atoms with Crippen LogP contribution in [0.2, 0.25) is 0 Å². The van der Waals surface area contributed by atoms with Gasteiger partial charge >= 0.3 is 0 Å². The molecule has 0 amide bonds. The molecule has 0 aliphatic carbocycles. The Labute approximate surface area is 215 Å². The maximum atomic E-state index is 15.2. The lowest BCUT2D eigenvalue weighted by Crippen LogP contribution is -2.45. The quantitative estimate of drug-likeness (QED) is 0.431. The average Bonchev–Trinajstić information content (AvgIpc) is 3.24. The molecule has 0 spiro atoms. The number of rotatable bonds is 9. The van der Waals surface area contributed by atoms with Gasteiger partial charge in [-0.2, -0.15) is 0 Å². The summed E-state index contributed by atoms with van der Waals surface area (Å²) >= 11 is 0. The number of allylic oxidation sites excluding steroid dienone is 3. The van der Waals surface area contributed by atoms with Crippen LogP contribution in [0.1, 0.15) is 25.8 Å². The highest BCUT2D eigenvalue weighted by Crippen LogP contribution is 2.31. The Hall–Kier alpha value is -3.31. The van der Waals surface area contributed by atoms with Gasteiger partial charge < -0.3 is 25.6 Å². The van der Waals surface area contributed by atoms with Crippen molar-refractivity contribution in [1.29, 1.82) is 0 Å². The first kappa shape index (κ1) is 26.7. The maximum Gasteiger partial charge on any atom is 0.234 e. The highest BCUT2D eigenvalue weighted by atomic mass is 19.1. The Bertz CT molecular complexity index is 1090. The Balaban J connectivity index is 1.40. The molecule has 4 heterocycles. The predicted molar refractivity (Wildman–Crippen MR) is 138 cm³/mol. The summed E-state index contributed by atoms with van der Waals surface area (Å²) in [7, 11) is 0. The van der Waals surface area contributed by atoms with Crippen LogP contribution in [-0.4, -0.2) is 72.7 Å². The number of aromatic nitrogens is 1. The lowest BCUT2D eigenvalue weighted by Gasteiger charge is -2.33. The van der Waals surface area contributed by atoms with E-state index in [0.29, 0.717) is 17.9 Å². The number of likely N-dealkylation sites (N-methyl/N-ethyl adjacent to an activating group) is 1. The molecule has 0 saturated carbocycles. The molecule has 8 nitrogen and oxygen atoms in total. The number of piperazine rings is 1. The van der Waals surface area contributed by atoms with E-state index in [1.54, 1.807) is 12.3 Å². The fourth-order valence-electron chi connectivity index (χ4n) is 4.47. The summed E-state index contributed by atoms with van der Waals surface area (Å²) in [4.78, 5) is 13.3. The van der Waals surface area contributed by atoms with Crippen molar-refractivity contribution in [2.75, 3.05) is 44.7 Å². The van der Waals surface area contributed by atoms with E-state index in [9.17, 15) is 4.39 Å². The molecule has 1 aromatic rings.